The molecule has 4 heteroatoms. The quantitative estimate of drug-likeness (QED) is 0.854. The van der Waals surface area contributed by atoms with Crippen LogP contribution < -0.4 is 4.90 Å². The summed E-state index contributed by atoms with van der Waals surface area (Å²) < 4.78 is 0.552. The summed E-state index contributed by atoms with van der Waals surface area (Å²) in [7, 11) is 1.76. The van der Waals surface area contributed by atoms with Gasteiger partial charge >= 0.3 is 5.97 Å². The van der Waals surface area contributed by atoms with Crippen LogP contribution in [0.2, 0.25) is 0 Å². The first-order chi connectivity index (χ1) is 7.07. The van der Waals surface area contributed by atoms with Crippen molar-refractivity contribution in [2.45, 2.75) is 0 Å². The zero-order valence-corrected chi connectivity index (χ0v) is 9.78. The van der Waals surface area contributed by atoms with Crippen LogP contribution in [0, 0.1) is 12.3 Å². The van der Waals surface area contributed by atoms with Crippen LogP contribution in [0.25, 0.3) is 0 Å². The van der Waals surface area contributed by atoms with E-state index in [0.717, 1.165) is 0 Å². The molecule has 0 heterocycles. The summed E-state index contributed by atoms with van der Waals surface area (Å²) in [6.45, 7) is 0.372. The highest BCUT2D eigenvalue weighted by Crippen LogP contribution is 2.26. The molecule has 0 fully saturated rings. The zero-order chi connectivity index (χ0) is 11.4. The number of anilines is 1. The summed E-state index contributed by atoms with van der Waals surface area (Å²) in [5.74, 6) is 1.50. The van der Waals surface area contributed by atoms with E-state index in [-0.39, 0.29) is 5.56 Å². The minimum Gasteiger partial charge on any atom is -0.478 e. The highest BCUT2D eigenvalue weighted by Gasteiger charge is 2.15. The monoisotopic (exact) mass is 267 g/mol. The van der Waals surface area contributed by atoms with Crippen molar-refractivity contribution in [3.63, 3.8) is 0 Å². The van der Waals surface area contributed by atoms with Crippen LogP contribution >= 0.6 is 15.9 Å². The van der Waals surface area contributed by atoms with Gasteiger partial charge in [0, 0.05) is 11.5 Å². The molecule has 0 radical (unpaired) electrons. The molecule has 1 N–H and O–H groups in total. The smallest absolute Gasteiger partial charge is 0.338 e. The highest BCUT2D eigenvalue weighted by atomic mass is 79.9. The molecule has 3 nitrogen and oxygen atoms in total. The van der Waals surface area contributed by atoms with Gasteiger partial charge in [0.05, 0.1) is 17.8 Å². The molecule has 78 valence electrons. The van der Waals surface area contributed by atoms with E-state index in [1.165, 1.54) is 0 Å². The lowest BCUT2D eigenvalue weighted by Crippen LogP contribution is -2.20. The minimum absolute atomic E-state index is 0.232. The maximum Gasteiger partial charge on any atom is 0.338 e. The molecule has 0 amide bonds. The standard InChI is InChI=1S/C11H10BrNO2/c1-3-7-13(2)9-6-4-5-8(12)10(9)11(14)15/h1,4-6H,7H2,2H3,(H,14,15). The van der Waals surface area contributed by atoms with E-state index in [1.54, 1.807) is 30.1 Å². The second kappa shape index (κ2) is 4.85. The summed E-state index contributed by atoms with van der Waals surface area (Å²) in [5.41, 5.74) is 0.838. The van der Waals surface area contributed by atoms with E-state index in [9.17, 15) is 4.79 Å². The largest absolute Gasteiger partial charge is 0.478 e. The Labute approximate surface area is 96.8 Å². The molecule has 1 rings (SSSR count). The van der Waals surface area contributed by atoms with Gasteiger partial charge in [-0.3, -0.25) is 0 Å². The fraction of sp³-hybridized carbons (Fsp3) is 0.182. The third-order valence-corrected chi connectivity index (χ3v) is 2.61. The van der Waals surface area contributed by atoms with E-state index in [4.69, 9.17) is 11.5 Å². The van der Waals surface area contributed by atoms with Gasteiger partial charge in [0.2, 0.25) is 0 Å². The molecular formula is C11H10BrNO2. The van der Waals surface area contributed by atoms with Crippen molar-refractivity contribution < 1.29 is 9.90 Å². The fourth-order valence-corrected chi connectivity index (χ4v) is 1.79. The normalized spacial score (nSPS) is 9.40. The average molecular weight is 268 g/mol. The van der Waals surface area contributed by atoms with Crippen molar-refractivity contribution in [2.75, 3.05) is 18.5 Å². The Hall–Kier alpha value is -1.47. The predicted octanol–water partition coefficient (Wildman–Crippen LogP) is 2.22. The Bertz CT molecular complexity index is 423. The SMILES string of the molecule is C#CCN(C)c1cccc(Br)c1C(=O)O. The van der Waals surface area contributed by atoms with Crippen molar-refractivity contribution in [1.82, 2.24) is 0 Å². The molecule has 0 spiro atoms. The van der Waals surface area contributed by atoms with Crippen molar-refractivity contribution >= 4 is 27.6 Å². The van der Waals surface area contributed by atoms with E-state index >= 15 is 0 Å². The van der Waals surface area contributed by atoms with Crippen LogP contribution in [0.15, 0.2) is 22.7 Å². The van der Waals surface area contributed by atoms with Gasteiger partial charge in [-0.2, -0.15) is 0 Å². The Kier molecular flexibility index (Phi) is 3.75. The first-order valence-corrected chi connectivity index (χ1v) is 5.03. The second-order valence-electron chi connectivity index (χ2n) is 3.00. The van der Waals surface area contributed by atoms with Gasteiger partial charge in [0.25, 0.3) is 0 Å². The lowest BCUT2D eigenvalue weighted by Gasteiger charge is -2.19. The molecule has 15 heavy (non-hydrogen) atoms. The van der Waals surface area contributed by atoms with Crippen LogP contribution in [0.5, 0.6) is 0 Å². The van der Waals surface area contributed by atoms with Gasteiger partial charge in [0.15, 0.2) is 0 Å². The van der Waals surface area contributed by atoms with Gasteiger partial charge in [-0.1, -0.05) is 12.0 Å². The lowest BCUT2D eigenvalue weighted by molar-refractivity contribution is 0.0696. The third kappa shape index (κ3) is 2.51. The van der Waals surface area contributed by atoms with E-state index < -0.39 is 5.97 Å². The fourth-order valence-electron chi connectivity index (χ4n) is 1.26. The molecule has 0 atom stereocenters. The number of rotatable bonds is 3. The number of hydrogen-bond donors (Lipinski definition) is 1. The highest BCUT2D eigenvalue weighted by molar-refractivity contribution is 9.10. The van der Waals surface area contributed by atoms with Crippen LogP contribution in [-0.2, 0) is 0 Å². The second-order valence-corrected chi connectivity index (χ2v) is 3.85. The summed E-state index contributed by atoms with van der Waals surface area (Å²) in [5, 5.41) is 9.06. The number of carboxylic acid groups (broad SMARTS) is 1. The number of terminal acetylenes is 1. The van der Waals surface area contributed by atoms with Crippen LogP contribution in [0.1, 0.15) is 10.4 Å². The molecular weight excluding hydrogens is 258 g/mol. The van der Waals surface area contributed by atoms with Crippen molar-refractivity contribution in [3.8, 4) is 12.3 Å². The van der Waals surface area contributed by atoms with Crippen LogP contribution in [0.3, 0.4) is 0 Å². The van der Waals surface area contributed by atoms with Crippen molar-refractivity contribution in [3.05, 3.63) is 28.2 Å². The molecule has 1 aromatic rings. The maximum absolute atomic E-state index is 11.0. The van der Waals surface area contributed by atoms with Gasteiger partial charge in [-0.25, -0.2) is 4.79 Å². The topological polar surface area (TPSA) is 40.5 Å². The molecule has 0 aliphatic heterocycles. The van der Waals surface area contributed by atoms with Gasteiger partial charge in [-0.05, 0) is 28.1 Å². The molecule has 1 aromatic carbocycles. The number of aromatic carboxylic acids is 1. The number of hydrogen-bond acceptors (Lipinski definition) is 2. The van der Waals surface area contributed by atoms with E-state index in [1.807, 2.05) is 0 Å². The average Bonchev–Trinajstić information content (AvgIpc) is 2.17. The Balaban J connectivity index is 3.23. The van der Waals surface area contributed by atoms with Crippen LogP contribution in [0.4, 0.5) is 5.69 Å². The van der Waals surface area contributed by atoms with Crippen LogP contribution in [-0.4, -0.2) is 24.7 Å². The molecule has 0 saturated heterocycles. The molecule has 0 saturated carbocycles. The lowest BCUT2D eigenvalue weighted by atomic mass is 10.1. The van der Waals surface area contributed by atoms with E-state index in [2.05, 4.69) is 21.9 Å². The number of carbonyl (C=O) groups is 1. The Morgan fingerprint density at radius 2 is 2.33 bits per heavy atom. The Morgan fingerprint density at radius 1 is 1.67 bits per heavy atom. The molecule has 0 aliphatic carbocycles. The minimum atomic E-state index is -0.971. The van der Waals surface area contributed by atoms with Gasteiger partial charge in [-0.15, -0.1) is 6.42 Å². The number of benzene rings is 1. The summed E-state index contributed by atoms with van der Waals surface area (Å²) in [6.07, 6.45) is 5.18. The first kappa shape index (κ1) is 11.6. The predicted molar refractivity (Wildman–Crippen MR) is 63.2 cm³/mol. The molecule has 0 aliphatic rings. The number of nitrogens with zero attached hydrogens (tertiary/aromatic N) is 1. The van der Waals surface area contributed by atoms with Crippen molar-refractivity contribution in [2.24, 2.45) is 0 Å². The van der Waals surface area contributed by atoms with Crippen molar-refractivity contribution in [1.29, 1.82) is 0 Å². The maximum atomic E-state index is 11.0. The molecule has 0 aromatic heterocycles. The molecule has 0 bridgehead atoms. The molecule has 0 unspecified atom stereocenters. The summed E-state index contributed by atoms with van der Waals surface area (Å²) >= 11 is 3.21. The third-order valence-electron chi connectivity index (χ3n) is 1.95. The first-order valence-electron chi connectivity index (χ1n) is 4.24. The van der Waals surface area contributed by atoms with Gasteiger partial charge < -0.3 is 10.0 Å². The summed E-state index contributed by atoms with van der Waals surface area (Å²) in [6, 6.07) is 5.20. The number of carboxylic acids is 1. The number of halogens is 1. The van der Waals surface area contributed by atoms with E-state index in [0.29, 0.717) is 16.7 Å². The Morgan fingerprint density at radius 3 is 2.87 bits per heavy atom. The van der Waals surface area contributed by atoms with Gasteiger partial charge in [0.1, 0.15) is 0 Å². The zero-order valence-electron chi connectivity index (χ0n) is 8.20. The summed E-state index contributed by atoms with van der Waals surface area (Å²) in [4.78, 5) is 12.8.